The van der Waals surface area contributed by atoms with E-state index < -0.39 is 33.3 Å². The first kappa shape index (κ1) is 86.5. The van der Waals surface area contributed by atoms with E-state index in [0.717, 1.165) is 22.3 Å². The first-order valence-corrected chi connectivity index (χ1v) is 40.2. The van der Waals surface area contributed by atoms with Gasteiger partial charge in [-0.25, -0.2) is 0 Å². The van der Waals surface area contributed by atoms with Gasteiger partial charge in [0, 0.05) is 83.4 Å². The topological polar surface area (TPSA) is 337 Å². The SMILES string of the molecule is CC(C)=CCc1c2c(c3occ(-c4cc(=O)c(C)c[nH]4)c(=O)c3c1O)C=CC(C)(C)O2.CC(C)=CCc1c2c(c3occ(-c4ccc(C)cn4)c(=O)c3c1O)C=CC(C)(C)O2.Cc1c[nH]c(-c2coc3c4c(c(CCN(C)C)c(O)c3c2=O)OC(C)(C)C=C4)cc1=O.Cc1ccc(-c2coc3c4c(c(CCN(C)C)c(O)c3c2=O)OC(C)(C)C=C4)nc1. The van der Waals surface area contributed by atoms with Crippen LogP contribution in [0.5, 0.6) is 46.0 Å². The van der Waals surface area contributed by atoms with Crippen molar-refractivity contribution in [3.05, 3.63) is 262 Å². The Kier molecular flexibility index (Phi) is 23.9. The summed E-state index contributed by atoms with van der Waals surface area (Å²) in [5.74, 6) is 1.66. The summed E-state index contributed by atoms with van der Waals surface area (Å²) < 4.78 is 48.2. The monoisotopic (exact) mass is 1650 g/mol. The normalized spacial score (nSPS) is 14.5. The summed E-state index contributed by atoms with van der Waals surface area (Å²) in [5, 5.41) is 45.2. The van der Waals surface area contributed by atoms with Crippen LogP contribution in [-0.4, -0.2) is 114 Å². The van der Waals surface area contributed by atoms with E-state index in [4.69, 9.17) is 36.6 Å². The van der Waals surface area contributed by atoms with E-state index in [1.165, 1.54) is 37.2 Å². The number of allylic oxidation sites excluding steroid dienone is 4. The van der Waals surface area contributed by atoms with Gasteiger partial charge in [0.2, 0.25) is 21.7 Å². The Bertz CT molecular complexity index is 6800. The van der Waals surface area contributed by atoms with Crippen molar-refractivity contribution in [2.45, 2.75) is 159 Å². The smallest absolute Gasteiger partial charge is 0.205 e. The van der Waals surface area contributed by atoms with Crippen LogP contribution < -0.4 is 51.5 Å². The molecule has 0 bridgehead atoms. The summed E-state index contributed by atoms with van der Waals surface area (Å²) in [7, 11) is 7.81. The zero-order chi connectivity index (χ0) is 88.3. The molecule has 12 aromatic rings. The van der Waals surface area contributed by atoms with Gasteiger partial charge in [-0.2, -0.15) is 0 Å². The fourth-order valence-electron chi connectivity index (χ4n) is 14.5. The van der Waals surface area contributed by atoms with Crippen LogP contribution >= 0.6 is 0 Å². The highest BCUT2D eigenvalue weighted by Gasteiger charge is 2.36. The fraction of sp³-hybridized carbons (Fsp3) is 0.306. The average molecular weight is 1650 g/mol. The average Bonchev–Trinajstić information content (AvgIpc) is 0.747. The molecule has 0 saturated carbocycles. The number of fused-ring (bicyclic) bond motifs is 12. The van der Waals surface area contributed by atoms with E-state index in [1.807, 2.05) is 208 Å². The van der Waals surface area contributed by atoms with E-state index in [-0.39, 0.29) is 88.6 Å². The Balaban J connectivity index is 0.000000140. The molecule has 632 valence electrons. The number of pyridine rings is 4. The Morgan fingerprint density at radius 1 is 0.410 bits per heavy atom. The van der Waals surface area contributed by atoms with Crippen molar-refractivity contribution >= 4 is 68.2 Å². The molecule has 0 fully saturated rings. The number of hydrogen-bond donors (Lipinski definition) is 6. The number of aryl methyl sites for hydroxylation is 4. The minimum atomic E-state index is -0.561. The lowest BCUT2D eigenvalue weighted by atomic mass is 9.94. The van der Waals surface area contributed by atoms with Gasteiger partial charge in [0.1, 0.15) is 115 Å². The summed E-state index contributed by atoms with van der Waals surface area (Å²) in [6, 6.07) is 10.1. The van der Waals surface area contributed by atoms with Gasteiger partial charge in [0.15, 0.2) is 33.2 Å². The Labute approximate surface area is 704 Å². The minimum absolute atomic E-state index is 0.0720. The highest BCUT2D eigenvalue weighted by molar-refractivity contribution is 6.01. The van der Waals surface area contributed by atoms with Gasteiger partial charge in [0.05, 0.1) is 67.3 Å². The van der Waals surface area contributed by atoms with Crippen LogP contribution in [0.1, 0.15) is 150 Å². The lowest BCUT2D eigenvalue weighted by Crippen LogP contribution is -2.29. The van der Waals surface area contributed by atoms with Gasteiger partial charge >= 0.3 is 0 Å². The van der Waals surface area contributed by atoms with Crippen molar-refractivity contribution in [3.63, 3.8) is 0 Å². The maximum absolute atomic E-state index is 13.4. The largest absolute Gasteiger partial charge is 0.507 e. The highest BCUT2D eigenvalue weighted by Crippen LogP contribution is 2.50. The number of nitrogens with zero attached hydrogens (tertiary/aromatic N) is 4. The van der Waals surface area contributed by atoms with E-state index in [9.17, 15) is 49.2 Å². The second-order valence-corrected chi connectivity index (χ2v) is 34.5. The van der Waals surface area contributed by atoms with Crippen molar-refractivity contribution in [2.75, 3.05) is 41.3 Å². The number of hydrogen-bond acceptors (Lipinski definition) is 22. The van der Waals surface area contributed by atoms with E-state index in [1.54, 1.807) is 50.8 Å². The molecule has 12 heterocycles. The predicted molar refractivity (Wildman–Crippen MR) is 480 cm³/mol. The number of benzene rings is 4. The van der Waals surface area contributed by atoms with E-state index >= 15 is 0 Å². The zero-order valence-electron chi connectivity index (χ0n) is 72.4. The maximum Gasteiger partial charge on any atom is 0.205 e. The molecule has 0 spiro atoms. The Morgan fingerprint density at radius 3 is 0.959 bits per heavy atom. The van der Waals surface area contributed by atoms with Crippen LogP contribution in [0.2, 0.25) is 0 Å². The Hall–Kier alpha value is -13.3. The molecule has 24 nitrogen and oxygen atoms in total. The molecule has 4 aliphatic rings. The molecule has 4 aliphatic heterocycles. The predicted octanol–water partition coefficient (Wildman–Crippen LogP) is 18.0. The Morgan fingerprint density at radius 2 is 0.689 bits per heavy atom. The van der Waals surface area contributed by atoms with Gasteiger partial charge in [-0.05, 0) is 237 Å². The number of H-pyrrole nitrogens is 2. The second kappa shape index (κ2) is 33.7. The van der Waals surface area contributed by atoms with Crippen LogP contribution in [0.15, 0.2) is 180 Å². The molecule has 122 heavy (non-hydrogen) atoms. The van der Waals surface area contributed by atoms with Gasteiger partial charge in [0.25, 0.3) is 0 Å². The number of rotatable bonds is 14. The first-order valence-electron chi connectivity index (χ1n) is 40.2. The molecular weight excluding hydrogens is 1550 g/mol. The lowest BCUT2D eigenvalue weighted by molar-refractivity contribution is 0.156. The van der Waals surface area contributed by atoms with Crippen molar-refractivity contribution in [1.29, 1.82) is 0 Å². The molecule has 0 amide bonds. The molecule has 0 unspecified atom stereocenters. The molecular formula is C98H102N6O18. The van der Waals surface area contributed by atoms with Crippen LogP contribution in [-0.2, 0) is 25.7 Å². The fourth-order valence-corrected chi connectivity index (χ4v) is 14.5. The number of likely N-dealkylation sites (N-methyl/N-ethyl adjacent to an activating group) is 2. The molecule has 24 heteroatoms. The van der Waals surface area contributed by atoms with Crippen LogP contribution in [0.3, 0.4) is 0 Å². The second-order valence-electron chi connectivity index (χ2n) is 34.5. The number of aromatic hydroxyl groups is 4. The zero-order valence-corrected chi connectivity index (χ0v) is 72.4. The third-order valence-electron chi connectivity index (χ3n) is 21.4. The number of aromatic amines is 2. The van der Waals surface area contributed by atoms with Crippen LogP contribution in [0.25, 0.3) is 113 Å². The standard InChI is InChI=1S/C25H25NO5.C25H25NO4.C24H26N2O5.C24H26N2O4/c1-13(2)6-7-15-21(28)20-22(29)17(18-10-19(27)14(3)11-26-18)12-30-24(20)16-8-9-25(4,5)31-23(15)16;1-14(2)6-8-16-21(27)20-22(28)18(19-9-7-15(3)12-26-19)13-29-24(20)17-10-11-25(4,5)30-23(16)17;1-13-11-25-17(10-18(13)27)16-12-30-23-15-6-8-24(2,3)31-22(15)14(7-9-26(4)5)20(28)19(23)21(16)29;1-14-6-7-18(25-12-14)17-13-29-23-16-8-10-24(2,3)30-22(16)15(9-11-26(4)5)20(27)19(23)21(17)28/h6,8-12,28H,7H2,1-5H3,(H,26,27);6-7,9-13,27H,8H2,1-5H3;6,8,10-12,28H,7,9H2,1-5H3,(H,25,27);6-8,10,12-13,27H,9,11H2,1-5H3. The van der Waals surface area contributed by atoms with Gasteiger partial charge in [-0.15, -0.1) is 0 Å². The van der Waals surface area contributed by atoms with Crippen molar-refractivity contribution in [2.24, 2.45) is 0 Å². The minimum Gasteiger partial charge on any atom is -0.507 e. The number of aromatic nitrogens is 4. The van der Waals surface area contributed by atoms with Crippen LogP contribution in [0.4, 0.5) is 0 Å². The number of phenols is 4. The molecule has 16 rings (SSSR count). The number of nitrogens with one attached hydrogen (secondary N) is 2. The lowest BCUT2D eigenvalue weighted by Gasteiger charge is -2.30. The molecule has 4 aromatic carbocycles. The summed E-state index contributed by atoms with van der Waals surface area (Å²) in [5.41, 5.74) is 9.98. The van der Waals surface area contributed by atoms with E-state index in [0.29, 0.717) is 162 Å². The number of phenolic OH excluding ortho intramolecular Hbond substituents is 4. The molecule has 6 N–H and O–H groups in total. The van der Waals surface area contributed by atoms with Gasteiger partial charge < -0.3 is 76.8 Å². The molecule has 0 atom stereocenters. The third-order valence-corrected chi connectivity index (χ3v) is 21.4. The quantitative estimate of drug-likeness (QED) is 0.0551. The van der Waals surface area contributed by atoms with Gasteiger partial charge in [-0.1, -0.05) is 35.4 Å². The summed E-state index contributed by atoms with van der Waals surface area (Å²) in [4.78, 5) is 96.4. The summed E-state index contributed by atoms with van der Waals surface area (Å²) >= 11 is 0. The molecule has 0 radical (unpaired) electrons. The highest BCUT2D eigenvalue weighted by atomic mass is 16.5. The summed E-state index contributed by atoms with van der Waals surface area (Å²) in [6.45, 7) is 32.0. The third kappa shape index (κ3) is 17.5. The summed E-state index contributed by atoms with van der Waals surface area (Å²) in [6.07, 6.45) is 33.0. The molecule has 0 aliphatic carbocycles. The van der Waals surface area contributed by atoms with E-state index in [2.05, 4.69) is 19.9 Å². The maximum atomic E-state index is 13.4. The molecule has 8 aromatic heterocycles. The number of ether oxygens (including phenoxy) is 4. The van der Waals surface area contributed by atoms with Crippen LogP contribution in [0, 0.1) is 27.7 Å². The first-order chi connectivity index (χ1) is 57.5. The van der Waals surface area contributed by atoms with Gasteiger partial charge in [-0.3, -0.25) is 38.7 Å². The van der Waals surface area contributed by atoms with Crippen molar-refractivity contribution in [3.8, 4) is 91.0 Å². The van der Waals surface area contributed by atoms with Crippen molar-refractivity contribution < 1.29 is 57.0 Å². The van der Waals surface area contributed by atoms with Crippen molar-refractivity contribution in [1.82, 2.24) is 29.7 Å². The molecule has 0 saturated heterocycles.